The summed E-state index contributed by atoms with van der Waals surface area (Å²) in [5.74, 6) is -2.45. The first-order chi connectivity index (χ1) is 22.3. The minimum absolute atomic E-state index is 0.367. The predicted octanol–water partition coefficient (Wildman–Crippen LogP) is 9.59. The molecule has 2 aromatic heterocycles. The molecule has 1 amide bonds. The summed E-state index contributed by atoms with van der Waals surface area (Å²) in [6.45, 7) is 14.6. The average Bonchev–Trinajstić information content (AvgIpc) is 3.47. The maximum absolute atomic E-state index is 14.8. The SMILES string of the molecule is C=CCCC(C)(CC)Nc1nc(-c2nnc([C@@](CC=C)(OCc3ccccc3)C(F)(F)F)o2)c(NC(=O)OC(C)(C)C)cc1C(F)(F)F. The Labute approximate surface area is 274 Å². The highest BCUT2D eigenvalue weighted by atomic mass is 19.4. The van der Waals surface area contributed by atoms with Crippen LogP contribution in [0.4, 0.5) is 42.6 Å². The van der Waals surface area contributed by atoms with Gasteiger partial charge in [0.2, 0.25) is 5.60 Å². The lowest BCUT2D eigenvalue weighted by atomic mass is 9.92. The number of carbonyl (C=O) groups is 1. The zero-order valence-corrected chi connectivity index (χ0v) is 27.3. The van der Waals surface area contributed by atoms with Crippen molar-refractivity contribution in [2.24, 2.45) is 0 Å². The van der Waals surface area contributed by atoms with Gasteiger partial charge in [-0.2, -0.15) is 26.3 Å². The highest BCUT2D eigenvalue weighted by molar-refractivity contribution is 5.90. The molecular weight excluding hydrogens is 644 g/mol. The monoisotopic (exact) mass is 683 g/mol. The first-order valence-corrected chi connectivity index (χ1v) is 15.0. The Balaban J connectivity index is 2.26. The van der Waals surface area contributed by atoms with Crippen LogP contribution in [0.2, 0.25) is 0 Å². The third kappa shape index (κ3) is 9.36. The van der Waals surface area contributed by atoms with Crippen molar-refractivity contribution in [3.8, 4) is 11.6 Å². The molecule has 0 fully saturated rings. The molecule has 1 aromatic carbocycles. The Hall–Kier alpha value is -4.40. The van der Waals surface area contributed by atoms with E-state index in [-0.39, 0.29) is 0 Å². The number of halogens is 6. The molecule has 1 unspecified atom stereocenters. The molecule has 3 aromatic rings. The van der Waals surface area contributed by atoms with Gasteiger partial charge in [0.25, 0.3) is 11.8 Å². The van der Waals surface area contributed by atoms with Crippen molar-refractivity contribution in [3.63, 3.8) is 0 Å². The van der Waals surface area contributed by atoms with Gasteiger partial charge in [-0.25, -0.2) is 9.78 Å². The van der Waals surface area contributed by atoms with Gasteiger partial charge >= 0.3 is 18.4 Å². The van der Waals surface area contributed by atoms with E-state index in [1.54, 1.807) is 50.3 Å². The van der Waals surface area contributed by atoms with Crippen LogP contribution in [0.25, 0.3) is 11.6 Å². The summed E-state index contributed by atoms with van der Waals surface area (Å²) in [5, 5.41) is 12.4. The quantitative estimate of drug-likeness (QED) is 0.128. The molecule has 2 atom stereocenters. The van der Waals surface area contributed by atoms with Crippen molar-refractivity contribution in [3.05, 3.63) is 78.7 Å². The number of carbonyl (C=O) groups excluding carboxylic acids is 1. The van der Waals surface area contributed by atoms with Crippen LogP contribution in [0, 0.1) is 0 Å². The minimum Gasteiger partial charge on any atom is -0.444 e. The van der Waals surface area contributed by atoms with E-state index < -0.39 is 82.8 Å². The first-order valence-electron chi connectivity index (χ1n) is 15.0. The summed E-state index contributed by atoms with van der Waals surface area (Å²) in [6.07, 6.45) is -8.33. The zero-order valence-electron chi connectivity index (χ0n) is 27.3. The molecule has 0 aliphatic rings. The molecule has 0 aliphatic heterocycles. The van der Waals surface area contributed by atoms with Gasteiger partial charge in [0.1, 0.15) is 11.4 Å². The average molecular weight is 684 g/mol. The van der Waals surface area contributed by atoms with Crippen LogP contribution in [0.1, 0.15) is 77.3 Å². The lowest BCUT2D eigenvalue weighted by Gasteiger charge is -2.32. The second kappa shape index (κ2) is 14.8. The van der Waals surface area contributed by atoms with Gasteiger partial charge in [0.05, 0.1) is 17.9 Å². The number of hydrogen-bond acceptors (Lipinski definition) is 8. The van der Waals surface area contributed by atoms with Crippen molar-refractivity contribution in [2.75, 3.05) is 10.6 Å². The van der Waals surface area contributed by atoms with Crippen LogP contribution < -0.4 is 10.6 Å². The third-order valence-electron chi connectivity index (χ3n) is 7.26. The van der Waals surface area contributed by atoms with Gasteiger partial charge in [-0.1, -0.05) is 49.4 Å². The van der Waals surface area contributed by atoms with Crippen molar-refractivity contribution in [1.82, 2.24) is 15.2 Å². The van der Waals surface area contributed by atoms with Gasteiger partial charge < -0.3 is 19.2 Å². The molecule has 0 aliphatic carbocycles. The number of amides is 1. The number of ether oxygens (including phenoxy) is 2. The van der Waals surface area contributed by atoms with E-state index in [9.17, 15) is 31.1 Å². The number of anilines is 2. The van der Waals surface area contributed by atoms with Crippen LogP contribution in [0.15, 0.2) is 66.1 Å². The van der Waals surface area contributed by atoms with E-state index in [1.807, 2.05) is 0 Å². The highest BCUT2D eigenvalue weighted by Crippen LogP contribution is 2.47. The first kappa shape index (κ1) is 38.1. The molecule has 3 rings (SSSR count). The van der Waals surface area contributed by atoms with Crippen LogP contribution in [0.5, 0.6) is 0 Å². The number of aromatic nitrogens is 3. The maximum Gasteiger partial charge on any atom is 0.426 e. The topological polar surface area (TPSA) is 111 Å². The van der Waals surface area contributed by atoms with Gasteiger partial charge in [-0.15, -0.1) is 23.4 Å². The van der Waals surface area contributed by atoms with Crippen molar-refractivity contribution in [1.29, 1.82) is 0 Å². The van der Waals surface area contributed by atoms with E-state index in [4.69, 9.17) is 13.9 Å². The largest absolute Gasteiger partial charge is 0.444 e. The number of hydrogen-bond donors (Lipinski definition) is 2. The predicted molar refractivity (Wildman–Crippen MR) is 168 cm³/mol. The Kier molecular flexibility index (Phi) is 11.7. The Morgan fingerprint density at radius 2 is 1.67 bits per heavy atom. The van der Waals surface area contributed by atoms with Gasteiger partial charge in [0.15, 0.2) is 5.69 Å². The molecule has 2 N–H and O–H groups in total. The lowest BCUT2D eigenvalue weighted by Crippen LogP contribution is -2.45. The number of allylic oxidation sites excluding steroid dienone is 1. The second-order valence-corrected chi connectivity index (χ2v) is 12.3. The van der Waals surface area contributed by atoms with E-state index in [0.29, 0.717) is 30.9 Å². The molecule has 0 spiro atoms. The van der Waals surface area contributed by atoms with Crippen LogP contribution in [-0.2, 0) is 27.9 Å². The molecule has 0 saturated carbocycles. The molecule has 262 valence electrons. The Morgan fingerprint density at radius 1 is 1.00 bits per heavy atom. The van der Waals surface area contributed by atoms with Gasteiger partial charge in [-0.3, -0.25) is 5.32 Å². The zero-order chi connectivity index (χ0) is 36.0. The number of nitrogens with one attached hydrogen (secondary N) is 2. The van der Waals surface area contributed by atoms with E-state index >= 15 is 0 Å². The normalized spacial score (nSPS) is 14.8. The fourth-order valence-corrected chi connectivity index (χ4v) is 4.52. The summed E-state index contributed by atoms with van der Waals surface area (Å²) < 4.78 is 104. The Bertz CT molecular complexity index is 1570. The van der Waals surface area contributed by atoms with Gasteiger partial charge in [-0.05, 0) is 58.6 Å². The molecule has 0 radical (unpaired) electrons. The standard InChI is InChI=1S/C33H39F6N5O4/c1-8-11-18-30(7,10-3)42-25-22(32(34,35)36)19-23(40-28(45)48-29(4,5)6)24(41-25)26-43-44-27(47-26)31(17-9-2,33(37,38)39)46-20-21-15-13-12-14-16-21/h8-9,12-16,19H,1-2,10-11,17-18,20H2,3-7H3,(H,40,45)(H,41,42)/t30?,31-/m1/s1. The van der Waals surface area contributed by atoms with Gasteiger partial charge in [0, 0.05) is 12.0 Å². The fraction of sp³-hybridized carbons (Fsp3) is 0.455. The molecule has 0 bridgehead atoms. The molecule has 9 nitrogen and oxygen atoms in total. The van der Waals surface area contributed by atoms with Crippen LogP contribution in [-0.4, -0.2) is 38.6 Å². The van der Waals surface area contributed by atoms with Crippen LogP contribution >= 0.6 is 0 Å². The highest BCUT2D eigenvalue weighted by Gasteiger charge is 2.61. The summed E-state index contributed by atoms with van der Waals surface area (Å²) in [7, 11) is 0. The van der Waals surface area contributed by atoms with Crippen molar-refractivity contribution >= 4 is 17.6 Å². The van der Waals surface area contributed by atoms with Crippen molar-refractivity contribution < 1.29 is 45.0 Å². The number of nitrogens with zero attached hydrogens (tertiary/aromatic N) is 3. The van der Waals surface area contributed by atoms with E-state index in [1.165, 1.54) is 20.8 Å². The number of pyridine rings is 1. The molecule has 48 heavy (non-hydrogen) atoms. The second-order valence-electron chi connectivity index (χ2n) is 12.3. The molecular formula is C33H39F6N5O4. The minimum atomic E-state index is -5.12. The lowest BCUT2D eigenvalue weighted by molar-refractivity contribution is -0.295. The molecule has 0 saturated heterocycles. The summed E-state index contributed by atoms with van der Waals surface area (Å²) >= 11 is 0. The molecule has 2 heterocycles. The van der Waals surface area contributed by atoms with E-state index in [2.05, 4.69) is 39.0 Å². The van der Waals surface area contributed by atoms with E-state index in [0.717, 1.165) is 6.08 Å². The van der Waals surface area contributed by atoms with Crippen molar-refractivity contribution in [2.45, 2.75) is 96.0 Å². The summed E-state index contributed by atoms with van der Waals surface area (Å²) in [5.41, 5.74) is -7.16. The summed E-state index contributed by atoms with van der Waals surface area (Å²) in [6, 6.07) is 8.61. The summed E-state index contributed by atoms with van der Waals surface area (Å²) in [4.78, 5) is 16.9. The smallest absolute Gasteiger partial charge is 0.426 e. The number of alkyl halides is 6. The number of benzene rings is 1. The Morgan fingerprint density at radius 3 is 2.21 bits per heavy atom. The third-order valence-corrected chi connectivity index (χ3v) is 7.26. The number of rotatable bonds is 14. The fourth-order valence-electron chi connectivity index (χ4n) is 4.52. The molecule has 15 heteroatoms. The van der Waals surface area contributed by atoms with Crippen LogP contribution in [0.3, 0.4) is 0 Å². The maximum atomic E-state index is 14.8.